The third-order valence-corrected chi connectivity index (χ3v) is 4.61. The Morgan fingerprint density at radius 3 is 2.61 bits per heavy atom. The van der Waals surface area contributed by atoms with Crippen molar-refractivity contribution in [1.29, 1.82) is 0 Å². The summed E-state index contributed by atoms with van der Waals surface area (Å²) in [6, 6.07) is 0. The number of nitrogens with one attached hydrogen (secondary N) is 1. The Morgan fingerprint density at radius 1 is 1.39 bits per heavy atom. The number of hydrogen-bond acceptors (Lipinski definition) is 3. The van der Waals surface area contributed by atoms with Crippen LogP contribution in [0.25, 0.3) is 0 Å². The number of morpholine rings is 1. The van der Waals surface area contributed by atoms with Crippen molar-refractivity contribution in [3.63, 3.8) is 0 Å². The monoisotopic (exact) mass is 254 g/mol. The molecule has 104 valence electrons. The number of amides is 1. The Kier molecular flexibility index (Phi) is 3.70. The van der Waals surface area contributed by atoms with Crippen LogP contribution in [0.4, 0.5) is 0 Å². The van der Waals surface area contributed by atoms with Crippen LogP contribution in [0.15, 0.2) is 0 Å². The van der Waals surface area contributed by atoms with Gasteiger partial charge >= 0.3 is 0 Å². The average molecular weight is 254 g/mol. The fraction of sp³-hybridized carbons (Fsp3) is 0.929. The quantitative estimate of drug-likeness (QED) is 0.806. The van der Waals surface area contributed by atoms with Gasteiger partial charge in [-0.15, -0.1) is 0 Å². The average Bonchev–Trinajstić information content (AvgIpc) is 2.77. The lowest BCUT2D eigenvalue weighted by atomic mass is 9.74. The fourth-order valence-corrected chi connectivity index (χ4v) is 3.14. The van der Waals surface area contributed by atoms with E-state index in [-0.39, 0.29) is 11.0 Å². The van der Waals surface area contributed by atoms with E-state index < -0.39 is 0 Å². The van der Waals surface area contributed by atoms with E-state index in [2.05, 4.69) is 33.0 Å². The lowest BCUT2D eigenvalue weighted by molar-refractivity contribution is -0.159. The van der Waals surface area contributed by atoms with Crippen molar-refractivity contribution >= 4 is 5.91 Å². The summed E-state index contributed by atoms with van der Waals surface area (Å²) in [5, 5.41) is 3.36. The highest BCUT2D eigenvalue weighted by atomic mass is 16.5. The van der Waals surface area contributed by atoms with Crippen LogP contribution in [0, 0.1) is 11.3 Å². The molecule has 0 aliphatic carbocycles. The Morgan fingerprint density at radius 2 is 2.11 bits per heavy atom. The molecule has 2 heterocycles. The molecule has 2 fully saturated rings. The standard InChI is InChI=1S/C14H26N2O2/c1-11(2)14(5-6-15-9-14)12(17)16-7-8-18-10-13(16,3)4/h11,15H,5-10H2,1-4H3. The van der Waals surface area contributed by atoms with Crippen molar-refractivity contribution in [2.75, 3.05) is 32.8 Å². The Bertz CT molecular complexity index is 320. The summed E-state index contributed by atoms with van der Waals surface area (Å²) in [6.45, 7) is 12.3. The lowest BCUT2D eigenvalue weighted by Gasteiger charge is -2.47. The number of carbonyl (C=O) groups excluding carboxylic acids is 1. The molecule has 2 aliphatic rings. The largest absolute Gasteiger partial charge is 0.377 e. The van der Waals surface area contributed by atoms with Crippen molar-refractivity contribution in [3.8, 4) is 0 Å². The summed E-state index contributed by atoms with van der Waals surface area (Å²) in [4.78, 5) is 15.1. The van der Waals surface area contributed by atoms with Gasteiger partial charge in [0.1, 0.15) is 0 Å². The Labute approximate surface area is 110 Å². The molecule has 1 N–H and O–H groups in total. The van der Waals surface area contributed by atoms with Crippen LogP contribution in [0.5, 0.6) is 0 Å². The maximum Gasteiger partial charge on any atom is 0.230 e. The number of carbonyl (C=O) groups is 1. The first-order valence-corrected chi connectivity index (χ1v) is 7.01. The maximum atomic E-state index is 13.0. The molecule has 1 atom stereocenters. The van der Waals surface area contributed by atoms with E-state index in [4.69, 9.17) is 4.74 Å². The maximum absolute atomic E-state index is 13.0. The summed E-state index contributed by atoms with van der Waals surface area (Å²) in [5.74, 6) is 0.689. The molecule has 0 bridgehead atoms. The van der Waals surface area contributed by atoms with Crippen LogP contribution < -0.4 is 5.32 Å². The summed E-state index contributed by atoms with van der Waals surface area (Å²) in [5.41, 5.74) is -0.394. The van der Waals surface area contributed by atoms with Crippen molar-refractivity contribution in [3.05, 3.63) is 0 Å². The van der Waals surface area contributed by atoms with Crippen molar-refractivity contribution in [1.82, 2.24) is 10.2 Å². The van der Waals surface area contributed by atoms with Gasteiger partial charge in [-0.1, -0.05) is 13.8 Å². The molecule has 4 nitrogen and oxygen atoms in total. The molecule has 0 aromatic rings. The van der Waals surface area contributed by atoms with Crippen LogP contribution in [-0.2, 0) is 9.53 Å². The number of ether oxygens (including phenoxy) is 1. The van der Waals surface area contributed by atoms with E-state index in [0.717, 1.165) is 26.1 Å². The molecule has 4 heteroatoms. The van der Waals surface area contributed by atoms with Crippen molar-refractivity contribution < 1.29 is 9.53 Å². The van der Waals surface area contributed by atoms with Gasteiger partial charge in [0.05, 0.1) is 24.2 Å². The van der Waals surface area contributed by atoms with E-state index in [1.165, 1.54) is 0 Å². The molecule has 1 unspecified atom stereocenters. The third-order valence-electron chi connectivity index (χ3n) is 4.61. The zero-order valence-electron chi connectivity index (χ0n) is 12.1. The second-order valence-corrected chi connectivity index (χ2v) is 6.56. The smallest absolute Gasteiger partial charge is 0.230 e. The second kappa shape index (κ2) is 4.82. The third kappa shape index (κ3) is 2.16. The van der Waals surface area contributed by atoms with Gasteiger partial charge < -0.3 is 15.0 Å². The normalized spacial score (nSPS) is 31.9. The van der Waals surface area contributed by atoms with Gasteiger partial charge in [0.2, 0.25) is 5.91 Å². The molecular weight excluding hydrogens is 228 g/mol. The first-order chi connectivity index (χ1) is 8.40. The van der Waals surface area contributed by atoms with Gasteiger partial charge in [-0.25, -0.2) is 0 Å². The predicted molar refractivity (Wildman–Crippen MR) is 71.4 cm³/mol. The van der Waals surface area contributed by atoms with E-state index in [9.17, 15) is 4.79 Å². The summed E-state index contributed by atoms with van der Waals surface area (Å²) < 4.78 is 5.51. The van der Waals surface area contributed by atoms with Crippen LogP contribution >= 0.6 is 0 Å². The topological polar surface area (TPSA) is 41.6 Å². The van der Waals surface area contributed by atoms with Crippen LogP contribution in [0.1, 0.15) is 34.1 Å². The first kappa shape index (κ1) is 13.8. The highest BCUT2D eigenvalue weighted by Crippen LogP contribution is 2.38. The molecule has 0 aromatic heterocycles. The molecule has 2 rings (SSSR count). The Balaban J connectivity index is 2.23. The molecule has 2 saturated heterocycles. The molecule has 0 saturated carbocycles. The van der Waals surface area contributed by atoms with E-state index in [1.54, 1.807) is 0 Å². The fourth-order valence-electron chi connectivity index (χ4n) is 3.14. The van der Waals surface area contributed by atoms with Gasteiger partial charge in [-0.05, 0) is 32.7 Å². The van der Waals surface area contributed by atoms with E-state index in [1.807, 2.05) is 4.90 Å². The van der Waals surface area contributed by atoms with Gasteiger partial charge in [0.15, 0.2) is 0 Å². The molecule has 0 spiro atoms. The molecule has 0 aromatic carbocycles. The Hall–Kier alpha value is -0.610. The molecule has 1 amide bonds. The first-order valence-electron chi connectivity index (χ1n) is 7.01. The van der Waals surface area contributed by atoms with Crippen molar-refractivity contribution in [2.24, 2.45) is 11.3 Å². The number of rotatable bonds is 2. The van der Waals surface area contributed by atoms with Gasteiger partial charge in [0.25, 0.3) is 0 Å². The highest BCUT2D eigenvalue weighted by molar-refractivity contribution is 5.84. The highest BCUT2D eigenvalue weighted by Gasteiger charge is 2.49. The van der Waals surface area contributed by atoms with E-state index >= 15 is 0 Å². The second-order valence-electron chi connectivity index (χ2n) is 6.56. The van der Waals surface area contributed by atoms with Gasteiger partial charge in [-0.2, -0.15) is 0 Å². The van der Waals surface area contributed by atoms with E-state index in [0.29, 0.717) is 25.0 Å². The van der Waals surface area contributed by atoms with Crippen LogP contribution in [0.3, 0.4) is 0 Å². The molecule has 18 heavy (non-hydrogen) atoms. The minimum Gasteiger partial charge on any atom is -0.377 e. The number of hydrogen-bond donors (Lipinski definition) is 1. The van der Waals surface area contributed by atoms with Crippen LogP contribution in [0.2, 0.25) is 0 Å². The van der Waals surface area contributed by atoms with Crippen molar-refractivity contribution in [2.45, 2.75) is 39.7 Å². The zero-order valence-corrected chi connectivity index (χ0v) is 12.1. The number of nitrogens with zero attached hydrogens (tertiary/aromatic N) is 1. The van der Waals surface area contributed by atoms with Gasteiger partial charge in [-0.3, -0.25) is 4.79 Å². The lowest BCUT2D eigenvalue weighted by Crippen LogP contribution is -2.60. The molecule has 0 radical (unpaired) electrons. The van der Waals surface area contributed by atoms with Gasteiger partial charge in [0, 0.05) is 13.1 Å². The molecule has 2 aliphatic heterocycles. The predicted octanol–water partition coefficient (Wildman–Crippen LogP) is 1.26. The summed E-state index contributed by atoms with van der Waals surface area (Å²) >= 11 is 0. The summed E-state index contributed by atoms with van der Waals surface area (Å²) in [6.07, 6.45) is 0.955. The minimum absolute atomic E-state index is 0.181. The SMILES string of the molecule is CC(C)C1(C(=O)N2CCOCC2(C)C)CCNC1. The van der Waals surface area contributed by atoms with Crippen LogP contribution in [-0.4, -0.2) is 49.2 Å². The minimum atomic E-state index is -0.214. The molecular formula is C14H26N2O2. The zero-order chi connectivity index (χ0) is 13.4. The summed E-state index contributed by atoms with van der Waals surface area (Å²) in [7, 11) is 0.